The standard InChI is InChI=1S/C24H22N6OS/c1-15-20-17(14-18(19-10-7-13-32-19)26-22(20)30(3)28-15)24(31)27-21(16-8-5-4-6-9-16)23-25-11-12-29(23)2/h4-14,21H,1-3H3,(H,27,31). The van der Waals surface area contributed by atoms with Gasteiger partial charge in [0.15, 0.2) is 5.65 Å². The zero-order chi connectivity index (χ0) is 22.2. The molecule has 1 amide bonds. The van der Waals surface area contributed by atoms with Gasteiger partial charge < -0.3 is 9.88 Å². The molecule has 1 atom stereocenters. The van der Waals surface area contributed by atoms with Crippen molar-refractivity contribution in [1.29, 1.82) is 0 Å². The van der Waals surface area contributed by atoms with Crippen molar-refractivity contribution in [3.63, 3.8) is 0 Å². The predicted molar refractivity (Wildman–Crippen MR) is 126 cm³/mol. The van der Waals surface area contributed by atoms with Gasteiger partial charge in [0.1, 0.15) is 11.9 Å². The SMILES string of the molecule is Cc1nn(C)c2nc(-c3cccs3)cc(C(=O)NC(c3ccccc3)c3nccn3C)c12. The molecule has 160 valence electrons. The Hall–Kier alpha value is -3.78. The smallest absolute Gasteiger partial charge is 0.253 e. The summed E-state index contributed by atoms with van der Waals surface area (Å²) < 4.78 is 3.65. The quantitative estimate of drug-likeness (QED) is 0.441. The molecule has 0 fully saturated rings. The zero-order valence-corrected chi connectivity index (χ0v) is 18.8. The topological polar surface area (TPSA) is 77.6 Å². The van der Waals surface area contributed by atoms with Crippen LogP contribution < -0.4 is 5.32 Å². The Morgan fingerprint density at radius 1 is 1.12 bits per heavy atom. The largest absolute Gasteiger partial charge is 0.338 e. The van der Waals surface area contributed by atoms with Crippen LogP contribution in [0, 0.1) is 6.92 Å². The summed E-state index contributed by atoms with van der Waals surface area (Å²) in [6.07, 6.45) is 3.62. The average Bonchev–Trinajstić information content (AvgIpc) is 3.54. The van der Waals surface area contributed by atoms with Crippen LogP contribution in [-0.4, -0.2) is 30.2 Å². The summed E-state index contributed by atoms with van der Waals surface area (Å²) in [7, 11) is 3.78. The van der Waals surface area contributed by atoms with Gasteiger partial charge in [-0.2, -0.15) is 5.10 Å². The van der Waals surface area contributed by atoms with Crippen LogP contribution in [0.15, 0.2) is 66.3 Å². The Balaban J connectivity index is 1.63. The Morgan fingerprint density at radius 2 is 1.94 bits per heavy atom. The number of carbonyl (C=O) groups is 1. The highest BCUT2D eigenvalue weighted by Gasteiger charge is 2.25. The van der Waals surface area contributed by atoms with E-state index in [9.17, 15) is 4.79 Å². The molecule has 0 aliphatic heterocycles. The summed E-state index contributed by atoms with van der Waals surface area (Å²) in [6, 6.07) is 15.3. The van der Waals surface area contributed by atoms with Crippen molar-refractivity contribution in [1.82, 2.24) is 29.6 Å². The number of pyridine rings is 1. The fourth-order valence-corrected chi connectivity index (χ4v) is 4.67. The highest BCUT2D eigenvalue weighted by molar-refractivity contribution is 7.13. The van der Waals surface area contributed by atoms with Crippen molar-refractivity contribution in [2.24, 2.45) is 14.1 Å². The second kappa shape index (κ2) is 8.05. The lowest BCUT2D eigenvalue weighted by Crippen LogP contribution is -2.31. The van der Waals surface area contributed by atoms with Crippen LogP contribution in [-0.2, 0) is 14.1 Å². The Morgan fingerprint density at radius 3 is 2.62 bits per heavy atom. The number of aryl methyl sites for hydroxylation is 3. The number of thiophene rings is 1. The molecule has 5 aromatic rings. The minimum absolute atomic E-state index is 0.192. The van der Waals surface area contributed by atoms with Crippen LogP contribution in [0.2, 0.25) is 0 Å². The van der Waals surface area contributed by atoms with E-state index in [1.54, 1.807) is 22.2 Å². The normalized spacial score (nSPS) is 12.2. The molecule has 0 saturated carbocycles. The van der Waals surface area contributed by atoms with E-state index in [0.717, 1.165) is 33.0 Å². The molecule has 5 rings (SSSR count). The van der Waals surface area contributed by atoms with Gasteiger partial charge in [0.2, 0.25) is 0 Å². The maximum absolute atomic E-state index is 13.7. The van der Waals surface area contributed by atoms with E-state index in [1.165, 1.54) is 0 Å². The molecule has 1 N–H and O–H groups in total. The second-order valence-corrected chi connectivity index (χ2v) is 8.60. The van der Waals surface area contributed by atoms with Crippen molar-refractivity contribution in [2.45, 2.75) is 13.0 Å². The molecule has 4 heterocycles. The van der Waals surface area contributed by atoms with Gasteiger partial charge >= 0.3 is 0 Å². The fraction of sp³-hybridized carbons (Fsp3) is 0.167. The molecule has 0 aliphatic carbocycles. The van der Waals surface area contributed by atoms with Gasteiger partial charge in [-0.05, 0) is 30.0 Å². The van der Waals surface area contributed by atoms with Gasteiger partial charge in [0.25, 0.3) is 5.91 Å². The lowest BCUT2D eigenvalue weighted by Gasteiger charge is -2.19. The third-order valence-electron chi connectivity index (χ3n) is 5.51. The van der Waals surface area contributed by atoms with Crippen LogP contribution in [0.3, 0.4) is 0 Å². The van der Waals surface area contributed by atoms with Crippen LogP contribution in [0.1, 0.15) is 33.5 Å². The van der Waals surface area contributed by atoms with Crippen LogP contribution in [0.5, 0.6) is 0 Å². The number of fused-ring (bicyclic) bond motifs is 1. The van der Waals surface area contributed by atoms with E-state index >= 15 is 0 Å². The first-order chi connectivity index (χ1) is 15.5. The highest BCUT2D eigenvalue weighted by Crippen LogP contribution is 2.30. The zero-order valence-electron chi connectivity index (χ0n) is 18.0. The molecule has 1 unspecified atom stereocenters. The van der Waals surface area contributed by atoms with Gasteiger partial charge in [-0.15, -0.1) is 11.3 Å². The number of hydrogen-bond donors (Lipinski definition) is 1. The van der Waals surface area contributed by atoms with Crippen molar-refractivity contribution in [3.05, 3.63) is 88.9 Å². The van der Waals surface area contributed by atoms with E-state index in [4.69, 9.17) is 4.98 Å². The van der Waals surface area contributed by atoms with E-state index in [0.29, 0.717) is 11.2 Å². The number of nitrogens with one attached hydrogen (secondary N) is 1. The molecule has 1 aromatic carbocycles. The van der Waals surface area contributed by atoms with Crippen molar-refractivity contribution < 1.29 is 4.79 Å². The number of imidazole rings is 1. The van der Waals surface area contributed by atoms with Gasteiger partial charge in [0.05, 0.1) is 27.2 Å². The van der Waals surface area contributed by atoms with E-state index in [1.807, 2.05) is 85.7 Å². The van der Waals surface area contributed by atoms with Crippen molar-refractivity contribution >= 4 is 28.3 Å². The first-order valence-electron chi connectivity index (χ1n) is 10.2. The van der Waals surface area contributed by atoms with Crippen LogP contribution in [0.4, 0.5) is 0 Å². The molecular weight excluding hydrogens is 420 g/mol. The molecule has 0 saturated heterocycles. The molecule has 0 bridgehead atoms. The van der Waals surface area contributed by atoms with Gasteiger partial charge in [-0.1, -0.05) is 36.4 Å². The Labute approximate surface area is 189 Å². The Kier molecular flexibility index (Phi) is 5.07. The third kappa shape index (κ3) is 3.48. The maximum atomic E-state index is 13.7. The van der Waals surface area contributed by atoms with Crippen molar-refractivity contribution in [3.8, 4) is 10.6 Å². The van der Waals surface area contributed by atoms with Gasteiger partial charge in [-0.3, -0.25) is 9.48 Å². The minimum Gasteiger partial charge on any atom is -0.338 e. The molecule has 8 heteroatoms. The number of amides is 1. The first-order valence-corrected chi connectivity index (χ1v) is 11.1. The van der Waals surface area contributed by atoms with E-state index in [2.05, 4.69) is 15.4 Å². The van der Waals surface area contributed by atoms with Crippen molar-refractivity contribution in [2.75, 3.05) is 0 Å². The monoisotopic (exact) mass is 442 g/mol. The number of nitrogens with zero attached hydrogens (tertiary/aromatic N) is 5. The summed E-state index contributed by atoms with van der Waals surface area (Å²) in [5.41, 5.74) is 3.73. The van der Waals surface area contributed by atoms with Crippen LogP contribution in [0.25, 0.3) is 21.6 Å². The summed E-state index contributed by atoms with van der Waals surface area (Å²) in [4.78, 5) is 24.0. The number of aromatic nitrogens is 5. The third-order valence-corrected chi connectivity index (χ3v) is 6.40. The maximum Gasteiger partial charge on any atom is 0.253 e. The molecule has 0 spiro atoms. The molecule has 32 heavy (non-hydrogen) atoms. The lowest BCUT2D eigenvalue weighted by atomic mass is 10.0. The van der Waals surface area contributed by atoms with Crippen LogP contribution >= 0.6 is 11.3 Å². The van der Waals surface area contributed by atoms with E-state index < -0.39 is 6.04 Å². The first kappa shape index (κ1) is 20.1. The Bertz CT molecular complexity index is 1400. The summed E-state index contributed by atoms with van der Waals surface area (Å²) in [5, 5.41) is 10.5. The summed E-state index contributed by atoms with van der Waals surface area (Å²) in [5.74, 6) is 0.569. The molecule has 0 aliphatic rings. The fourth-order valence-electron chi connectivity index (χ4n) is 3.98. The number of hydrogen-bond acceptors (Lipinski definition) is 5. The predicted octanol–water partition coefficient (Wildman–Crippen LogP) is 4.26. The summed E-state index contributed by atoms with van der Waals surface area (Å²) in [6.45, 7) is 1.90. The molecular formula is C24H22N6OS. The number of carbonyl (C=O) groups excluding carboxylic acids is 1. The number of rotatable bonds is 5. The second-order valence-electron chi connectivity index (χ2n) is 7.65. The van der Waals surface area contributed by atoms with E-state index in [-0.39, 0.29) is 5.91 Å². The highest BCUT2D eigenvalue weighted by atomic mass is 32.1. The molecule has 0 radical (unpaired) electrons. The lowest BCUT2D eigenvalue weighted by molar-refractivity contribution is 0.0942. The molecule has 4 aromatic heterocycles. The average molecular weight is 443 g/mol. The molecule has 7 nitrogen and oxygen atoms in total. The summed E-state index contributed by atoms with van der Waals surface area (Å²) >= 11 is 1.59. The minimum atomic E-state index is -0.394. The van der Waals surface area contributed by atoms with Gasteiger partial charge in [0, 0.05) is 26.5 Å². The number of benzene rings is 1. The van der Waals surface area contributed by atoms with Gasteiger partial charge in [-0.25, -0.2) is 9.97 Å².